The van der Waals surface area contributed by atoms with Crippen molar-refractivity contribution in [1.29, 1.82) is 0 Å². The molecule has 3 rings (SSSR count). The van der Waals surface area contributed by atoms with Gasteiger partial charge in [-0.1, -0.05) is 24.3 Å². The first-order valence-corrected chi connectivity index (χ1v) is 6.29. The topological polar surface area (TPSA) is 63.0 Å². The van der Waals surface area contributed by atoms with Gasteiger partial charge in [-0.15, -0.1) is 0 Å². The van der Waals surface area contributed by atoms with Crippen molar-refractivity contribution in [3.8, 4) is 11.4 Å². The molecule has 2 N–H and O–H groups in total. The van der Waals surface area contributed by atoms with E-state index < -0.39 is 0 Å². The molecule has 0 spiro atoms. The van der Waals surface area contributed by atoms with Crippen LogP contribution in [0.15, 0.2) is 61.2 Å². The molecule has 5 nitrogen and oxygen atoms in total. The first-order valence-electron chi connectivity index (χ1n) is 6.29. The second-order valence-corrected chi connectivity index (χ2v) is 4.38. The summed E-state index contributed by atoms with van der Waals surface area (Å²) in [7, 11) is 0. The van der Waals surface area contributed by atoms with E-state index in [-0.39, 0.29) is 5.75 Å². The first kappa shape index (κ1) is 12.2. The van der Waals surface area contributed by atoms with Crippen molar-refractivity contribution in [2.45, 2.75) is 6.54 Å². The molecule has 0 radical (unpaired) electrons. The van der Waals surface area contributed by atoms with E-state index in [9.17, 15) is 5.11 Å². The number of rotatable bonds is 4. The molecule has 0 fully saturated rings. The molecule has 2 aromatic carbocycles. The lowest BCUT2D eigenvalue weighted by Gasteiger charge is -2.11. The largest absolute Gasteiger partial charge is 0.508 e. The third kappa shape index (κ3) is 2.61. The van der Waals surface area contributed by atoms with Gasteiger partial charge in [0.15, 0.2) is 0 Å². The number of aromatic nitrogens is 3. The number of nitrogens with zero attached hydrogens (tertiary/aromatic N) is 3. The van der Waals surface area contributed by atoms with Gasteiger partial charge < -0.3 is 10.4 Å². The molecule has 3 aromatic rings. The highest BCUT2D eigenvalue weighted by molar-refractivity contribution is 5.60. The molecule has 1 heterocycles. The Bertz CT molecular complexity index is 695. The Balaban J connectivity index is 1.81. The molecule has 1 aromatic heterocycles. The van der Waals surface area contributed by atoms with E-state index in [4.69, 9.17) is 0 Å². The van der Waals surface area contributed by atoms with Crippen molar-refractivity contribution in [2.75, 3.05) is 5.32 Å². The average Bonchev–Trinajstić information content (AvgIpc) is 3.00. The molecular formula is C15H14N4O. The smallest absolute Gasteiger partial charge is 0.138 e. The van der Waals surface area contributed by atoms with Crippen LogP contribution in [0, 0.1) is 0 Å². The highest BCUT2D eigenvalue weighted by Crippen LogP contribution is 2.20. The molecule has 0 aliphatic rings. The number of hydrogen-bond donors (Lipinski definition) is 2. The Hall–Kier alpha value is -2.82. The quantitative estimate of drug-likeness (QED) is 0.762. The normalized spacial score (nSPS) is 10.4. The lowest BCUT2D eigenvalue weighted by atomic mass is 10.2. The van der Waals surface area contributed by atoms with Crippen LogP contribution in [-0.2, 0) is 6.54 Å². The fraction of sp³-hybridized carbons (Fsp3) is 0.0667. The van der Waals surface area contributed by atoms with E-state index in [0.29, 0.717) is 6.54 Å². The Labute approximate surface area is 116 Å². The van der Waals surface area contributed by atoms with Crippen LogP contribution >= 0.6 is 0 Å². The molecule has 0 unspecified atom stereocenters. The number of phenols is 1. The van der Waals surface area contributed by atoms with Gasteiger partial charge in [0.05, 0.1) is 11.4 Å². The van der Waals surface area contributed by atoms with Crippen LogP contribution in [0.25, 0.3) is 5.69 Å². The van der Waals surface area contributed by atoms with Gasteiger partial charge in [0.1, 0.15) is 18.4 Å². The summed E-state index contributed by atoms with van der Waals surface area (Å²) in [4.78, 5) is 3.96. The van der Waals surface area contributed by atoms with Crippen LogP contribution in [0.2, 0.25) is 0 Å². The van der Waals surface area contributed by atoms with Crippen molar-refractivity contribution >= 4 is 5.69 Å². The summed E-state index contributed by atoms with van der Waals surface area (Å²) < 4.78 is 1.71. The minimum absolute atomic E-state index is 0.272. The molecule has 0 saturated heterocycles. The second kappa shape index (κ2) is 5.44. The highest BCUT2D eigenvalue weighted by Gasteiger charge is 2.04. The molecule has 0 amide bonds. The average molecular weight is 266 g/mol. The van der Waals surface area contributed by atoms with Gasteiger partial charge in [-0.25, -0.2) is 9.67 Å². The molecule has 20 heavy (non-hydrogen) atoms. The van der Waals surface area contributed by atoms with E-state index in [1.807, 2.05) is 36.4 Å². The summed E-state index contributed by atoms with van der Waals surface area (Å²) in [6.45, 7) is 0.625. The molecule has 0 atom stereocenters. The Morgan fingerprint density at radius 3 is 2.80 bits per heavy atom. The fourth-order valence-corrected chi connectivity index (χ4v) is 2.02. The summed E-state index contributed by atoms with van der Waals surface area (Å²) in [5.74, 6) is 0.272. The lowest BCUT2D eigenvalue weighted by Crippen LogP contribution is -2.04. The van der Waals surface area contributed by atoms with Crippen molar-refractivity contribution < 1.29 is 5.11 Å². The van der Waals surface area contributed by atoms with Gasteiger partial charge in [-0.2, -0.15) is 5.10 Å². The summed E-state index contributed by atoms with van der Waals surface area (Å²) in [5.41, 5.74) is 2.91. The van der Waals surface area contributed by atoms with Crippen LogP contribution in [0.1, 0.15) is 5.56 Å². The van der Waals surface area contributed by atoms with Gasteiger partial charge >= 0.3 is 0 Å². The monoisotopic (exact) mass is 266 g/mol. The molecule has 0 aliphatic carbocycles. The van der Waals surface area contributed by atoms with Crippen LogP contribution in [0.4, 0.5) is 5.69 Å². The molecule has 0 aliphatic heterocycles. The number of aromatic hydroxyl groups is 1. The van der Waals surface area contributed by atoms with Crippen LogP contribution < -0.4 is 5.32 Å². The maximum Gasteiger partial charge on any atom is 0.138 e. The van der Waals surface area contributed by atoms with Gasteiger partial charge in [-0.3, -0.25) is 0 Å². The molecule has 100 valence electrons. The molecule has 0 bridgehead atoms. The maximum absolute atomic E-state index is 9.46. The Morgan fingerprint density at radius 1 is 1.10 bits per heavy atom. The molecular weight excluding hydrogens is 252 g/mol. The number of para-hydroxylation sites is 2. The zero-order valence-corrected chi connectivity index (χ0v) is 10.8. The SMILES string of the molecule is Oc1cccc(CNc2ccccc2-n2cncn2)c1. The zero-order valence-electron chi connectivity index (χ0n) is 10.8. The van der Waals surface area contributed by atoms with E-state index >= 15 is 0 Å². The van der Waals surface area contributed by atoms with Gasteiger partial charge in [0.2, 0.25) is 0 Å². The number of hydrogen-bond acceptors (Lipinski definition) is 4. The fourth-order valence-electron chi connectivity index (χ4n) is 2.02. The second-order valence-electron chi connectivity index (χ2n) is 4.38. The van der Waals surface area contributed by atoms with Gasteiger partial charge in [0.25, 0.3) is 0 Å². The van der Waals surface area contributed by atoms with Crippen molar-refractivity contribution in [2.24, 2.45) is 0 Å². The Morgan fingerprint density at radius 2 is 2.00 bits per heavy atom. The van der Waals surface area contributed by atoms with E-state index in [1.165, 1.54) is 6.33 Å². The van der Waals surface area contributed by atoms with Crippen LogP contribution in [0.3, 0.4) is 0 Å². The number of phenolic OH excluding ortho intramolecular Hbond substituents is 1. The Kier molecular flexibility index (Phi) is 3.33. The van der Waals surface area contributed by atoms with E-state index in [2.05, 4.69) is 15.4 Å². The zero-order chi connectivity index (χ0) is 13.8. The van der Waals surface area contributed by atoms with Crippen LogP contribution in [0.5, 0.6) is 5.75 Å². The summed E-state index contributed by atoms with van der Waals surface area (Å²) >= 11 is 0. The number of benzene rings is 2. The minimum atomic E-state index is 0.272. The van der Waals surface area contributed by atoms with Crippen molar-refractivity contribution in [3.63, 3.8) is 0 Å². The van der Waals surface area contributed by atoms with Crippen LogP contribution in [-0.4, -0.2) is 19.9 Å². The van der Waals surface area contributed by atoms with Gasteiger partial charge in [0, 0.05) is 6.54 Å². The molecule has 5 heteroatoms. The van der Waals surface area contributed by atoms with Gasteiger partial charge in [-0.05, 0) is 29.8 Å². The van der Waals surface area contributed by atoms with Crippen molar-refractivity contribution in [3.05, 3.63) is 66.7 Å². The highest BCUT2D eigenvalue weighted by atomic mass is 16.3. The standard InChI is InChI=1S/C15H14N4O/c20-13-5-3-4-12(8-13)9-17-14-6-1-2-7-15(14)19-11-16-10-18-19/h1-8,10-11,17,20H,9H2. The first-order chi connectivity index (χ1) is 9.83. The maximum atomic E-state index is 9.46. The summed E-state index contributed by atoms with van der Waals surface area (Å²) in [5, 5.41) is 17.0. The number of anilines is 1. The van der Waals surface area contributed by atoms with E-state index in [0.717, 1.165) is 16.9 Å². The summed E-state index contributed by atoms with van der Waals surface area (Å²) in [6, 6.07) is 15.1. The molecule has 0 saturated carbocycles. The van der Waals surface area contributed by atoms with Crippen molar-refractivity contribution in [1.82, 2.24) is 14.8 Å². The predicted octanol–water partition coefficient (Wildman–Crippen LogP) is 2.58. The lowest BCUT2D eigenvalue weighted by molar-refractivity contribution is 0.474. The minimum Gasteiger partial charge on any atom is -0.508 e. The number of nitrogens with one attached hydrogen (secondary N) is 1. The predicted molar refractivity (Wildman–Crippen MR) is 76.8 cm³/mol. The summed E-state index contributed by atoms with van der Waals surface area (Å²) in [6.07, 6.45) is 3.17. The third-order valence-corrected chi connectivity index (χ3v) is 2.96. The van der Waals surface area contributed by atoms with E-state index in [1.54, 1.807) is 23.1 Å². The third-order valence-electron chi connectivity index (χ3n) is 2.96.